The summed E-state index contributed by atoms with van der Waals surface area (Å²) in [7, 11) is -2.19. The number of benzene rings is 1. The van der Waals surface area contributed by atoms with E-state index in [1.54, 1.807) is 0 Å². The zero-order valence-corrected chi connectivity index (χ0v) is 9.95. The van der Waals surface area contributed by atoms with Gasteiger partial charge >= 0.3 is 5.97 Å². The number of methoxy groups -OCH3 is 1. The largest absolute Gasteiger partial charge is 0.465 e. The van der Waals surface area contributed by atoms with Gasteiger partial charge in [0.2, 0.25) is 9.84 Å². The number of esters is 1. The molecule has 90 valence electrons. The number of rotatable bonds is 2. The maximum absolute atomic E-state index is 11.9. The van der Waals surface area contributed by atoms with Gasteiger partial charge in [0.15, 0.2) is 0 Å². The zero-order valence-electron chi connectivity index (χ0n) is 9.14. The van der Waals surface area contributed by atoms with Crippen LogP contribution >= 0.6 is 0 Å². The molecule has 5 nitrogen and oxygen atoms in total. The second kappa shape index (κ2) is 3.97. The molecule has 2 N–H and O–H groups in total. The Kier molecular flexibility index (Phi) is 2.76. The van der Waals surface area contributed by atoms with Crippen LogP contribution in [0, 0.1) is 0 Å². The van der Waals surface area contributed by atoms with Gasteiger partial charge in [-0.1, -0.05) is 0 Å². The van der Waals surface area contributed by atoms with Gasteiger partial charge in [-0.2, -0.15) is 0 Å². The topological polar surface area (TPSA) is 86.5 Å². The first-order chi connectivity index (χ1) is 8.00. The molecule has 0 amide bonds. The molecule has 0 saturated carbocycles. The Bertz CT molecular complexity index is 616. The van der Waals surface area contributed by atoms with Crippen molar-refractivity contribution in [2.24, 2.45) is 5.73 Å². The lowest BCUT2D eigenvalue weighted by atomic mass is 10.1. The minimum Gasteiger partial charge on any atom is -0.465 e. The lowest BCUT2D eigenvalue weighted by Crippen LogP contribution is -2.10. The Balaban J connectivity index is 2.58. The maximum atomic E-state index is 11.9. The number of sulfone groups is 1. The average molecular weight is 253 g/mol. The fourth-order valence-corrected chi connectivity index (χ4v) is 3.17. The summed E-state index contributed by atoms with van der Waals surface area (Å²) in [6, 6.07) is 4.31. The van der Waals surface area contributed by atoms with Gasteiger partial charge in [-0.15, -0.1) is 0 Å². The highest BCUT2D eigenvalue weighted by molar-refractivity contribution is 7.95. The van der Waals surface area contributed by atoms with E-state index >= 15 is 0 Å². The summed E-state index contributed by atoms with van der Waals surface area (Å²) in [5, 5.41) is 0. The summed E-state index contributed by atoms with van der Waals surface area (Å²) >= 11 is 0. The van der Waals surface area contributed by atoms with Crippen LogP contribution in [0.15, 0.2) is 28.0 Å². The van der Waals surface area contributed by atoms with Gasteiger partial charge in [-0.05, 0) is 29.8 Å². The molecule has 6 heteroatoms. The molecular formula is C11H11NO4S. The van der Waals surface area contributed by atoms with E-state index in [2.05, 4.69) is 4.74 Å². The van der Waals surface area contributed by atoms with Gasteiger partial charge in [0.05, 0.1) is 22.5 Å². The molecule has 1 aliphatic rings. The number of carbonyl (C=O) groups is 1. The first-order valence-corrected chi connectivity index (χ1v) is 6.37. The highest BCUT2D eigenvalue weighted by atomic mass is 32.2. The number of ether oxygens (including phenoxy) is 1. The number of hydrogen-bond donors (Lipinski definition) is 1. The quantitative estimate of drug-likeness (QED) is 0.778. The summed E-state index contributed by atoms with van der Waals surface area (Å²) in [5.41, 5.74) is 6.17. The third kappa shape index (κ3) is 1.75. The molecule has 0 fully saturated rings. The summed E-state index contributed by atoms with van der Waals surface area (Å²) in [4.78, 5) is 11.7. The van der Waals surface area contributed by atoms with Crippen molar-refractivity contribution in [2.75, 3.05) is 13.7 Å². The summed E-state index contributed by atoms with van der Waals surface area (Å²) in [6.07, 6.45) is 1.48. The summed E-state index contributed by atoms with van der Waals surface area (Å²) in [5.74, 6) is -0.500. The van der Waals surface area contributed by atoms with Crippen LogP contribution in [0.3, 0.4) is 0 Å². The first kappa shape index (κ1) is 11.8. The predicted octanol–water partition coefficient (Wildman–Crippen LogP) is 0.560. The minimum absolute atomic E-state index is 0.0510. The van der Waals surface area contributed by atoms with E-state index in [0.29, 0.717) is 11.1 Å². The van der Waals surface area contributed by atoms with Crippen LogP contribution in [0.5, 0.6) is 0 Å². The van der Waals surface area contributed by atoms with Gasteiger partial charge in [-0.25, -0.2) is 13.2 Å². The number of nitrogens with two attached hydrogens (primary N) is 1. The summed E-state index contributed by atoms with van der Waals surface area (Å²) in [6.45, 7) is -0.0510. The van der Waals surface area contributed by atoms with Crippen LogP contribution < -0.4 is 5.73 Å². The molecule has 0 radical (unpaired) electrons. The molecule has 1 heterocycles. The Hall–Kier alpha value is -1.66. The molecule has 0 aromatic heterocycles. The molecule has 0 aliphatic carbocycles. The van der Waals surface area contributed by atoms with Crippen molar-refractivity contribution in [1.82, 2.24) is 0 Å². The highest BCUT2D eigenvalue weighted by Gasteiger charge is 2.29. The van der Waals surface area contributed by atoms with Crippen LogP contribution in [0.25, 0.3) is 6.08 Å². The van der Waals surface area contributed by atoms with Crippen molar-refractivity contribution in [3.63, 3.8) is 0 Å². The monoisotopic (exact) mass is 253 g/mol. The van der Waals surface area contributed by atoms with Crippen molar-refractivity contribution in [3.8, 4) is 0 Å². The lowest BCUT2D eigenvalue weighted by Gasteiger charge is -2.03. The van der Waals surface area contributed by atoms with E-state index < -0.39 is 15.8 Å². The average Bonchev–Trinajstić information content (AvgIpc) is 2.59. The van der Waals surface area contributed by atoms with Crippen LogP contribution in [0.4, 0.5) is 0 Å². The van der Waals surface area contributed by atoms with Crippen LogP contribution in [-0.2, 0) is 14.6 Å². The fourth-order valence-electron chi connectivity index (χ4n) is 1.71. The molecule has 0 saturated heterocycles. The molecule has 2 rings (SSSR count). The van der Waals surface area contributed by atoms with Gasteiger partial charge in [-0.3, -0.25) is 0 Å². The first-order valence-electron chi connectivity index (χ1n) is 4.89. The molecule has 1 aromatic carbocycles. The third-order valence-electron chi connectivity index (χ3n) is 2.58. The van der Waals surface area contributed by atoms with Crippen LogP contribution in [0.2, 0.25) is 0 Å². The van der Waals surface area contributed by atoms with E-state index in [-0.39, 0.29) is 16.3 Å². The van der Waals surface area contributed by atoms with Gasteiger partial charge in [0.25, 0.3) is 0 Å². The van der Waals surface area contributed by atoms with Gasteiger partial charge in [0.1, 0.15) is 0 Å². The molecule has 0 spiro atoms. The lowest BCUT2D eigenvalue weighted by molar-refractivity contribution is 0.0600. The van der Waals surface area contributed by atoms with Gasteiger partial charge < -0.3 is 10.5 Å². The Morgan fingerprint density at radius 2 is 2.12 bits per heavy atom. The van der Waals surface area contributed by atoms with Crippen LogP contribution in [-0.4, -0.2) is 28.0 Å². The zero-order chi connectivity index (χ0) is 12.6. The Morgan fingerprint density at radius 3 is 2.71 bits per heavy atom. The highest BCUT2D eigenvalue weighted by Crippen LogP contribution is 2.32. The van der Waals surface area contributed by atoms with Crippen molar-refractivity contribution >= 4 is 21.9 Å². The smallest absolute Gasteiger partial charge is 0.337 e. The van der Waals surface area contributed by atoms with E-state index in [1.807, 2.05) is 0 Å². The molecule has 17 heavy (non-hydrogen) atoms. The van der Waals surface area contributed by atoms with E-state index in [0.717, 1.165) is 0 Å². The van der Waals surface area contributed by atoms with Crippen LogP contribution in [0.1, 0.15) is 15.9 Å². The molecular weight excluding hydrogens is 242 g/mol. The van der Waals surface area contributed by atoms with E-state index in [1.165, 1.54) is 31.4 Å². The molecule has 1 aromatic rings. The van der Waals surface area contributed by atoms with Crippen molar-refractivity contribution in [1.29, 1.82) is 0 Å². The summed E-state index contributed by atoms with van der Waals surface area (Å²) < 4.78 is 28.4. The standard InChI is InChI=1S/C11H11NO4S/c1-16-11(13)7-2-3-10-8(4-7)5-9(6-12)17(10,14)15/h2-5H,6,12H2,1H3. The Labute approximate surface area is 98.8 Å². The maximum Gasteiger partial charge on any atom is 0.337 e. The second-order valence-electron chi connectivity index (χ2n) is 3.56. The number of carbonyl (C=O) groups excluding carboxylic acids is 1. The molecule has 0 atom stereocenters. The predicted molar refractivity (Wildman–Crippen MR) is 62.0 cm³/mol. The third-order valence-corrected chi connectivity index (χ3v) is 4.51. The molecule has 0 unspecified atom stereocenters. The fraction of sp³-hybridized carbons (Fsp3) is 0.182. The SMILES string of the molecule is COC(=O)c1ccc2c(c1)C=C(CN)S2(=O)=O. The van der Waals surface area contributed by atoms with Crippen molar-refractivity contribution in [3.05, 3.63) is 34.2 Å². The number of fused-ring (bicyclic) bond motifs is 1. The molecule has 0 bridgehead atoms. The van der Waals surface area contributed by atoms with Crippen molar-refractivity contribution < 1.29 is 17.9 Å². The van der Waals surface area contributed by atoms with Crippen molar-refractivity contribution in [2.45, 2.75) is 4.90 Å². The Morgan fingerprint density at radius 1 is 1.41 bits per heavy atom. The minimum atomic E-state index is -3.46. The van der Waals surface area contributed by atoms with E-state index in [9.17, 15) is 13.2 Å². The second-order valence-corrected chi connectivity index (χ2v) is 5.53. The van der Waals surface area contributed by atoms with Gasteiger partial charge in [0, 0.05) is 6.54 Å². The molecule has 1 aliphatic heterocycles. The normalized spacial score (nSPS) is 16.2. The van der Waals surface area contributed by atoms with E-state index in [4.69, 9.17) is 5.73 Å². The number of hydrogen-bond acceptors (Lipinski definition) is 5.